The van der Waals surface area contributed by atoms with Gasteiger partial charge in [0.1, 0.15) is 5.75 Å². The number of thioether (sulfide) groups is 1. The normalized spacial score (nSPS) is 12.4. The number of methoxy groups -OCH3 is 1. The Bertz CT molecular complexity index is 958. The summed E-state index contributed by atoms with van der Waals surface area (Å²) in [5.74, 6) is 3.21. The summed E-state index contributed by atoms with van der Waals surface area (Å²) in [4.78, 5) is 5.55. The summed E-state index contributed by atoms with van der Waals surface area (Å²) in [6, 6.07) is 18.5. The third-order valence-electron chi connectivity index (χ3n) is 4.89. The maximum Gasteiger partial charge on any atom is 0.191 e. The van der Waals surface area contributed by atoms with Crippen LogP contribution in [-0.2, 0) is 13.1 Å². The van der Waals surface area contributed by atoms with Gasteiger partial charge in [-0.05, 0) is 35.2 Å². The first-order valence-electron chi connectivity index (χ1n) is 10.4. The molecule has 0 saturated heterocycles. The highest BCUT2D eigenvalue weighted by molar-refractivity contribution is 7.99. The molecule has 0 aliphatic rings. The second-order valence-corrected chi connectivity index (χ2v) is 8.41. The molecular formula is C24H31N5OS. The van der Waals surface area contributed by atoms with E-state index in [4.69, 9.17) is 4.74 Å². The Morgan fingerprint density at radius 1 is 1.10 bits per heavy atom. The average molecular weight is 438 g/mol. The molecule has 2 N–H and O–H groups in total. The number of guanidine groups is 1. The first kappa shape index (κ1) is 22.7. The topological polar surface area (TPSA) is 63.5 Å². The molecule has 3 rings (SSSR count). The number of benzene rings is 2. The van der Waals surface area contributed by atoms with Crippen molar-refractivity contribution in [2.75, 3.05) is 26.5 Å². The molecule has 0 aliphatic heterocycles. The van der Waals surface area contributed by atoms with Gasteiger partial charge in [0.2, 0.25) is 0 Å². The van der Waals surface area contributed by atoms with Crippen molar-refractivity contribution in [2.45, 2.75) is 24.9 Å². The minimum Gasteiger partial charge on any atom is -0.496 e. The van der Waals surface area contributed by atoms with Crippen molar-refractivity contribution in [3.63, 3.8) is 0 Å². The molecule has 164 valence electrons. The second-order valence-electron chi connectivity index (χ2n) is 7.35. The highest BCUT2D eigenvalue weighted by Gasteiger charge is 2.09. The van der Waals surface area contributed by atoms with Crippen molar-refractivity contribution >= 4 is 17.7 Å². The van der Waals surface area contributed by atoms with E-state index in [9.17, 15) is 0 Å². The van der Waals surface area contributed by atoms with Crippen LogP contribution < -0.4 is 15.4 Å². The number of rotatable bonds is 10. The number of nitrogens with one attached hydrogen (secondary N) is 2. The van der Waals surface area contributed by atoms with Crippen molar-refractivity contribution in [1.82, 2.24) is 20.4 Å². The van der Waals surface area contributed by atoms with Gasteiger partial charge >= 0.3 is 0 Å². The Labute approximate surface area is 189 Å². The van der Waals surface area contributed by atoms with E-state index in [1.807, 2.05) is 46.9 Å². The number of ether oxygens (including phenoxy) is 1. The molecule has 1 unspecified atom stereocenters. The molecule has 0 saturated carbocycles. The average Bonchev–Trinajstić information content (AvgIpc) is 3.32. The summed E-state index contributed by atoms with van der Waals surface area (Å²) in [5.41, 5.74) is 2.48. The SMILES string of the molecule is CN=C(NCc1ccccc1Cn1cccn1)NCC(C)CSc1ccccc1OC. The van der Waals surface area contributed by atoms with Crippen molar-refractivity contribution in [3.8, 4) is 5.75 Å². The Balaban J connectivity index is 1.47. The Morgan fingerprint density at radius 3 is 2.61 bits per heavy atom. The van der Waals surface area contributed by atoms with E-state index >= 15 is 0 Å². The summed E-state index contributed by atoms with van der Waals surface area (Å²) in [5, 5.41) is 11.2. The number of aliphatic imine (C=N–C) groups is 1. The lowest BCUT2D eigenvalue weighted by Gasteiger charge is -2.17. The molecule has 31 heavy (non-hydrogen) atoms. The van der Waals surface area contributed by atoms with Crippen LogP contribution in [0.15, 0.2) is 76.9 Å². The number of aromatic nitrogens is 2. The third kappa shape index (κ3) is 7.07. The van der Waals surface area contributed by atoms with E-state index in [0.717, 1.165) is 30.6 Å². The zero-order valence-electron chi connectivity index (χ0n) is 18.4. The summed E-state index contributed by atoms with van der Waals surface area (Å²) in [6.45, 7) is 4.55. The Morgan fingerprint density at radius 2 is 1.87 bits per heavy atom. The van der Waals surface area contributed by atoms with Crippen molar-refractivity contribution in [3.05, 3.63) is 78.1 Å². The minimum absolute atomic E-state index is 0.473. The summed E-state index contributed by atoms with van der Waals surface area (Å²) < 4.78 is 7.38. The molecule has 1 aromatic heterocycles. The van der Waals surface area contributed by atoms with Gasteiger partial charge < -0.3 is 15.4 Å². The number of hydrogen-bond donors (Lipinski definition) is 2. The zero-order valence-corrected chi connectivity index (χ0v) is 19.2. The largest absolute Gasteiger partial charge is 0.496 e. The van der Waals surface area contributed by atoms with Crippen LogP contribution in [0.3, 0.4) is 0 Å². The van der Waals surface area contributed by atoms with Gasteiger partial charge in [0.05, 0.1) is 13.7 Å². The molecule has 0 bridgehead atoms. The molecule has 1 atom stereocenters. The molecule has 0 spiro atoms. The van der Waals surface area contributed by atoms with Crippen molar-refractivity contribution in [1.29, 1.82) is 0 Å². The van der Waals surface area contributed by atoms with E-state index in [1.165, 1.54) is 16.0 Å². The molecule has 1 heterocycles. The lowest BCUT2D eigenvalue weighted by molar-refractivity contribution is 0.405. The Hall–Kier alpha value is -2.93. The van der Waals surface area contributed by atoms with E-state index in [0.29, 0.717) is 12.5 Å². The monoisotopic (exact) mass is 437 g/mol. The summed E-state index contributed by atoms with van der Waals surface area (Å²) in [7, 11) is 3.52. The van der Waals surface area contributed by atoms with Crippen molar-refractivity contribution in [2.24, 2.45) is 10.9 Å². The molecular weight excluding hydrogens is 406 g/mol. The van der Waals surface area contributed by atoms with Gasteiger partial charge in [0.15, 0.2) is 5.96 Å². The van der Waals surface area contributed by atoms with Crippen LogP contribution in [0.1, 0.15) is 18.1 Å². The third-order valence-corrected chi connectivity index (χ3v) is 6.27. The lowest BCUT2D eigenvalue weighted by atomic mass is 10.1. The van der Waals surface area contributed by atoms with E-state index in [2.05, 4.69) is 58.0 Å². The van der Waals surface area contributed by atoms with Gasteiger partial charge in [-0.2, -0.15) is 5.10 Å². The van der Waals surface area contributed by atoms with Gasteiger partial charge in [-0.15, -0.1) is 11.8 Å². The number of hydrogen-bond acceptors (Lipinski definition) is 4. The minimum atomic E-state index is 0.473. The molecule has 2 aromatic carbocycles. The van der Waals surface area contributed by atoms with E-state index in [-0.39, 0.29) is 0 Å². The lowest BCUT2D eigenvalue weighted by Crippen LogP contribution is -2.39. The standard InChI is InChI=1S/C24H31N5OS/c1-19(18-31-23-12-7-6-11-22(23)30-3)15-26-24(25-2)27-16-20-9-4-5-10-21(20)17-29-14-8-13-28-29/h4-14,19H,15-18H2,1-3H3,(H2,25,26,27). The highest BCUT2D eigenvalue weighted by atomic mass is 32.2. The smallest absolute Gasteiger partial charge is 0.191 e. The number of para-hydroxylation sites is 1. The van der Waals surface area contributed by atoms with E-state index in [1.54, 1.807) is 20.4 Å². The van der Waals surface area contributed by atoms with Crippen LogP contribution >= 0.6 is 11.8 Å². The van der Waals surface area contributed by atoms with Crippen LogP contribution in [0.5, 0.6) is 5.75 Å². The Kier molecular flexibility index (Phi) is 8.84. The van der Waals surface area contributed by atoms with Gasteiger partial charge in [0.25, 0.3) is 0 Å². The second kappa shape index (κ2) is 12.1. The fourth-order valence-corrected chi connectivity index (χ4v) is 4.20. The molecule has 3 aromatic rings. The van der Waals surface area contributed by atoms with Crippen LogP contribution in [0, 0.1) is 5.92 Å². The van der Waals surface area contributed by atoms with Crippen LogP contribution in [0.25, 0.3) is 0 Å². The van der Waals surface area contributed by atoms with Crippen molar-refractivity contribution < 1.29 is 4.74 Å². The van der Waals surface area contributed by atoms with E-state index < -0.39 is 0 Å². The molecule has 6 nitrogen and oxygen atoms in total. The quantitative estimate of drug-likeness (QED) is 0.285. The van der Waals surface area contributed by atoms with Crippen LogP contribution in [-0.4, -0.2) is 42.2 Å². The molecule has 0 aliphatic carbocycles. The molecule has 0 amide bonds. The van der Waals surface area contributed by atoms with Gasteiger partial charge in [-0.3, -0.25) is 9.67 Å². The van der Waals surface area contributed by atoms with Crippen LogP contribution in [0.4, 0.5) is 0 Å². The fraction of sp³-hybridized carbons (Fsp3) is 0.333. The fourth-order valence-electron chi connectivity index (χ4n) is 3.15. The summed E-state index contributed by atoms with van der Waals surface area (Å²) in [6.07, 6.45) is 3.79. The predicted octanol–water partition coefficient (Wildman–Crippen LogP) is 4.03. The molecule has 7 heteroatoms. The molecule has 0 fully saturated rings. The highest BCUT2D eigenvalue weighted by Crippen LogP contribution is 2.29. The first-order valence-corrected chi connectivity index (χ1v) is 11.4. The van der Waals surface area contributed by atoms with Gasteiger partial charge in [0, 0.05) is 43.2 Å². The predicted molar refractivity (Wildman–Crippen MR) is 129 cm³/mol. The zero-order chi connectivity index (χ0) is 21.9. The molecule has 0 radical (unpaired) electrons. The maximum atomic E-state index is 5.44. The maximum absolute atomic E-state index is 5.44. The summed E-state index contributed by atoms with van der Waals surface area (Å²) >= 11 is 1.82. The van der Waals surface area contributed by atoms with Gasteiger partial charge in [-0.25, -0.2) is 0 Å². The number of nitrogens with zero attached hydrogens (tertiary/aromatic N) is 3. The first-order chi connectivity index (χ1) is 15.2. The van der Waals surface area contributed by atoms with Crippen LogP contribution in [0.2, 0.25) is 0 Å². The van der Waals surface area contributed by atoms with Gasteiger partial charge in [-0.1, -0.05) is 43.3 Å².